The van der Waals surface area contributed by atoms with Crippen molar-refractivity contribution >= 4 is 15.7 Å². The van der Waals surface area contributed by atoms with Crippen LogP contribution in [0.2, 0.25) is 0 Å². The van der Waals surface area contributed by atoms with E-state index < -0.39 is 9.84 Å². The molecule has 2 N–H and O–H groups in total. The van der Waals surface area contributed by atoms with E-state index in [1.165, 1.54) is 0 Å². The van der Waals surface area contributed by atoms with Crippen molar-refractivity contribution in [2.45, 2.75) is 18.9 Å². The quantitative estimate of drug-likeness (QED) is 0.633. The van der Waals surface area contributed by atoms with Crippen molar-refractivity contribution < 1.29 is 13.2 Å². The van der Waals surface area contributed by atoms with Crippen LogP contribution < -0.4 is 10.6 Å². The second-order valence-electron chi connectivity index (χ2n) is 4.30. The van der Waals surface area contributed by atoms with Gasteiger partial charge in [0.2, 0.25) is 5.91 Å². The third-order valence-corrected chi connectivity index (χ3v) is 4.78. The summed E-state index contributed by atoms with van der Waals surface area (Å²) >= 11 is 0. The standard InChI is InChI=1S/C9H16N2O3S/c12-9(11-8-1-3-10-5-8)7-2-4-15(13,14)6-7/h7-8,10H,1-6H2,(H,11,12)/t7?,8-/m0/s1. The van der Waals surface area contributed by atoms with Crippen molar-refractivity contribution in [3.63, 3.8) is 0 Å². The third-order valence-electron chi connectivity index (χ3n) is 3.01. The Hall–Kier alpha value is -0.620. The molecule has 0 spiro atoms. The van der Waals surface area contributed by atoms with Crippen LogP contribution in [0.1, 0.15) is 12.8 Å². The van der Waals surface area contributed by atoms with Gasteiger partial charge in [-0.1, -0.05) is 0 Å². The zero-order valence-electron chi connectivity index (χ0n) is 8.53. The Morgan fingerprint density at radius 3 is 2.67 bits per heavy atom. The number of nitrogens with one attached hydrogen (secondary N) is 2. The van der Waals surface area contributed by atoms with E-state index in [2.05, 4.69) is 10.6 Å². The number of hydrogen-bond acceptors (Lipinski definition) is 4. The number of carbonyl (C=O) groups excluding carboxylic acids is 1. The predicted octanol–water partition coefficient (Wildman–Crippen LogP) is -1.10. The first-order chi connectivity index (χ1) is 7.07. The molecule has 2 fully saturated rings. The fourth-order valence-corrected chi connectivity index (χ4v) is 3.84. The molecule has 0 aliphatic carbocycles. The number of carbonyl (C=O) groups is 1. The SMILES string of the molecule is O=C(N[C@H]1CCNC1)C1CCS(=O)(=O)C1. The summed E-state index contributed by atoms with van der Waals surface area (Å²) in [6.45, 7) is 1.72. The van der Waals surface area contributed by atoms with Gasteiger partial charge < -0.3 is 10.6 Å². The van der Waals surface area contributed by atoms with Gasteiger partial charge in [0.15, 0.2) is 9.84 Å². The van der Waals surface area contributed by atoms with E-state index in [9.17, 15) is 13.2 Å². The Kier molecular flexibility index (Phi) is 2.97. The Labute approximate surface area is 89.5 Å². The minimum atomic E-state index is -2.95. The molecule has 2 aliphatic heterocycles. The molecule has 2 aliphatic rings. The third kappa shape index (κ3) is 2.69. The van der Waals surface area contributed by atoms with Gasteiger partial charge in [0.25, 0.3) is 0 Å². The molecule has 86 valence electrons. The van der Waals surface area contributed by atoms with Crippen molar-refractivity contribution in [2.24, 2.45) is 5.92 Å². The van der Waals surface area contributed by atoms with Crippen molar-refractivity contribution in [3.8, 4) is 0 Å². The maximum Gasteiger partial charge on any atom is 0.224 e. The fourth-order valence-electron chi connectivity index (χ4n) is 2.10. The van der Waals surface area contributed by atoms with E-state index in [4.69, 9.17) is 0 Å². The lowest BCUT2D eigenvalue weighted by molar-refractivity contribution is -0.124. The molecule has 2 rings (SSSR count). The van der Waals surface area contributed by atoms with E-state index in [-0.39, 0.29) is 29.4 Å². The Morgan fingerprint density at radius 1 is 1.33 bits per heavy atom. The first-order valence-electron chi connectivity index (χ1n) is 5.28. The Morgan fingerprint density at radius 2 is 2.13 bits per heavy atom. The summed E-state index contributed by atoms with van der Waals surface area (Å²) in [4.78, 5) is 11.7. The molecule has 0 radical (unpaired) electrons. The van der Waals surface area contributed by atoms with E-state index in [1.54, 1.807) is 0 Å². The maximum atomic E-state index is 11.7. The largest absolute Gasteiger partial charge is 0.352 e. The van der Waals surface area contributed by atoms with Crippen LogP contribution in [0.25, 0.3) is 0 Å². The van der Waals surface area contributed by atoms with Crippen LogP contribution in [0.4, 0.5) is 0 Å². The molecule has 0 bridgehead atoms. The molecule has 1 unspecified atom stereocenters. The molecule has 15 heavy (non-hydrogen) atoms. The molecule has 1 amide bonds. The topological polar surface area (TPSA) is 75.3 Å². The van der Waals surface area contributed by atoms with Gasteiger partial charge in [-0.05, 0) is 19.4 Å². The van der Waals surface area contributed by atoms with Gasteiger partial charge in [-0.3, -0.25) is 4.79 Å². The molecule has 5 nitrogen and oxygen atoms in total. The van der Waals surface area contributed by atoms with Crippen molar-refractivity contribution in [1.29, 1.82) is 0 Å². The number of hydrogen-bond donors (Lipinski definition) is 2. The van der Waals surface area contributed by atoms with Crippen LogP contribution >= 0.6 is 0 Å². The molecular weight excluding hydrogens is 216 g/mol. The van der Waals surface area contributed by atoms with Crippen molar-refractivity contribution in [3.05, 3.63) is 0 Å². The van der Waals surface area contributed by atoms with Crippen LogP contribution in [0.3, 0.4) is 0 Å². The predicted molar refractivity (Wildman–Crippen MR) is 56.2 cm³/mol. The van der Waals surface area contributed by atoms with Crippen LogP contribution in [0.5, 0.6) is 0 Å². The Bertz CT molecular complexity index is 346. The summed E-state index contributed by atoms with van der Waals surface area (Å²) < 4.78 is 22.4. The van der Waals surface area contributed by atoms with Crippen molar-refractivity contribution in [2.75, 3.05) is 24.6 Å². The van der Waals surface area contributed by atoms with Crippen LogP contribution in [0, 0.1) is 5.92 Å². The molecule has 0 saturated carbocycles. The summed E-state index contributed by atoms with van der Waals surface area (Å²) in [5.74, 6) is -0.229. The number of amides is 1. The van der Waals surface area contributed by atoms with Crippen LogP contribution in [-0.2, 0) is 14.6 Å². The molecule has 2 heterocycles. The summed E-state index contributed by atoms with van der Waals surface area (Å²) in [5, 5.41) is 6.04. The lowest BCUT2D eigenvalue weighted by Gasteiger charge is -2.14. The molecule has 2 saturated heterocycles. The zero-order valence-corrected chi connectivity index (χ0v) is 9.35. The van der Waals surface area contributed by atoms with Crippen LogP contribution in [0.15, 0.2) is 0 Å². The molecular formula is C9H16N2O3S. The first-order valence-corrected chi connectivity index (χ1v) is 7.10. The van der Waals surface area contributed by atoms with Gasteiger partial charge in [0.1, 0.15) is 0 Å². The number of sulfone groups is 1. The summed E-state index contributed by atoms with van der Waals surface area (Å²) in [7, 11) is -2.95. The average molecular weight is 232 g/mol. The van der Waals surface area contributed by atoms with Gasteiger partial charge in [-0.25, -0.2) is 8.42 Å². The van der Waals surface area contributed by atoms with E-state index in [0.717, 1.165) is 19.5 Å². The maximum absolute atomic E-state index is 11.7. The highest BCUT2D eigenvalue weighted by Gasteiger charge is 2.33. The highest BCUT2D eigenvalue weighted by molar-refractivity contribution is 7.91. The van der Waals surface area contributed by atoms with Crippen molar-refractivity contribution in [1.82, 2.24) is 10.6 Å². The van der Waals surface area contributed by atoms with Gasteiger partial charge in [-0.15, -0.1) is 0 Å². The highest BCUT2D eigenvalue weighted by atomic mass is 32.2. The summed E-state index contributed by atoms with van der Waals surface area (Å²) in [6, 6.07) is 0.181. The smallest absolute Gasteiger partial charge is 0.224 e. The van der Waals surface area contributed by atoms with Crippen LogP contribution in [-0.4, -0.2) is 45.0 Å². The second kappa shape index (κ2) is 4.09. The molecule has 2 atom stereocenters. The minimum Gasteiger partial charge on any atom is -0.352 e. The normalized spacial score (nSPS) is 34.1. The molecule has 0 aromatic rings. The molecule has 0 aromatic heterocycles. The minimum absolute atomic E-state index is 0.0268. The van der Waals surface area contributed by atoms with Gasteiger partial charge in [-0.2, -0.15) is 0 Å². The van der Waals surface area contributed by atoms with Gasteiger partial charge in [0.05, 0.1) is 17.4 Å². The molecule has 0 aromatic carbocycles. The summed E-state index contributed by atoms with van der Waals surface area (Å²) in [5.41, 5.74) is 0. The van der Waals surface area contributed by atoms with Gasteiger partial charge in [0, 0.05) is 12.6 Å². The lowest BCUT2D eigenvalue weighted by atomic mass is 10.1. The average Bonchev–Trinajstić information content (AvgIpc) is 2.74. The Balaban J connectivity index is 1.86. The zero-order chi connectivity index (χ0) is 10.9. The van der Waals surface area contributed by atoms with E-state index >= 15 is 0 Å². The van der Waals surface area contributed by atoms with E-state index in [1.807, 2.05) is 0 Å². The number of rotatable bonds is 2. The fraction of sp³-hybridized carbons (Fsp3) is 0.889. The summed E-state index contributed by atoms with van der Waals surface area (Å²) in [6.07, 6.45) is 1.42. The van der Waals surface area contributed by atoms with Gasteiger partial charge >= 0.3 is 0 Å². The first kappa shape index (κ1) is 10.9. The monoisotopic (exact) mass is 232 g/mol. The van der Waals surface area contributed by atoms with E-state index in [0.29, 0.717) is 6.42 Å². The molecule has 6 heteroatoms. The lowest BCUT2D eigenvalue weighted by Crippen LogP contribution is -2.40. The second-order valence-corrected chi connectivity index (χ2v) is 6.53. The highest BCUT2D eigenvalue weighted by Crippen LogP contribution is 2.18.